The number of aliphatic carboxylic acids is 1. The molecule has 0 amide bonds. The molecule has 8 heteroatoms. The minimum Gasteiger partial charge on any atom is -0.480 e. The van der Waals surface area contributed by atoms with Crippen molar-refractivity contribution in [2.45, 2.75) is 12.2 Å². The highest BCUT2D eigenvalue weighted by molar-refractivity contribution is 5.80. The Morgan fingerprint density at radius 3 is 2.32 bits per heavy atom. The molecule has 4 rings (SSSR count). The van der Waals surface area contributed by atoms with Crippen LogP contribution in [0.25, 0.3) is 0 Å². The van der Waals surface area contributed by atoms with Gasteiger partial charge in [-0.15, -0.1) is 0 Å². The summed E-state index contributed by atoms with van der Waals surface area (Å²) >= 11 is 0. The fraction of sp³-hybridized carbons (Fsp3) is 0.350. The lowest BCUT2D eigenvalue weighted by atomic mass is 10.0. The fourth-order valence-corrected chi connectivity index (χ4v) is 4.05. The van der Waals surface area contributed by atoms with Gasteiger partial charge in [-0.25, -0.2) is 0 Å². The van der Waals surface area contributed by atoms with E-state index >= 15 is 0 Å². The molecule has 0 bridgehead atoms. The summed E-state index contributed by atoms with van der Waals surface area (Å²) < 4.78 is 38.7. The van der Waals surface area contributed by atoms with E-state index in [-0.39, 0.29) is 12.6 Å². The van der Waals surface area contributed by atoms with Crippen LogP contribution in [0.3, 0.4) is 0 Å². The van der Waals surface area contributed by atoms with Crippen LogP contribution < -0.4 is 9.80 Å². The van der Waals surface area contributed by atoms with Crippen LogP contribution in [0.15, 0.2) is 48.5 Å². The van der Waals surface area contributed by atoms with Crippen molar-refractivity contribution in [2.75, 3.05) is 42.5 Å². The van der Waals surface area contributed by atoms with Gasteiger partial charge in [0.2, 0.25) is 0 Å². The van der Waals surface area contributed by atoms with E-state index in [0.29, 0.717) is 25.3 Å². The van der Waals surface area contributed by atoms with E-state index in [0.717, 1.165) is 30.1 Å². The SMILES string of the molecule is O=C(O)CN1CCN2c3ccccc3N(c3ccc(C(F)(F)F)cc3)CC2C1. The number of para-hydroxylation sites is 2. The summed E-state index contributed by atoms with van der Waals surface area (Å²) in [4.78, 5) is 17.3. The third-order valence-electron chi connectivity index (χ3n) is 5.31. The number of alkyl halides is 3. The van der Waals surface area contributed by atoms with E-state index in [1.54, 1.807) is 0 Å². The maximum Gasteiger partial charge on any atom is 0.416 e. The Bertz CT molecular complexity index is 870. The largest absolute Gasteiger partial charge is 0.480 e. The van der Waals surface area contributed by atoms with Crippen LogP contribution in [0.1, 0.15) is 5.56 Å². The standard InChI is InChI=1S/C20H20F3N3O2/c21-20(22,23)14-5-7-15(8-6-14)26-12-16-11-24(13-19(27)28)9-10-25(16)17-3-1-2-4-18(17)26/h1-8,16H,9-13H2,(H,27,28). The summed E-state index contributed by atoms with van der Waals surface area (Å²) in [6.45, 7) is 2.55. The Labute approximate surface area is 160 Å². The van der Waals surface area contributed by atoms with Gasteiger partial charge in [0.05, 0.1) is 29.5 Å². The summed E-state index contributed by atoms with van der Waals surface area (Å²) in [5.41, 5.74) is 1.99. The van der Waals surface area contributed by atoms with Gasteiger partial charge in [0, 0.05) is 31.9 Å². The summed E-state index contributed by atoms with van der Waals surface area (Å²) in [5.74, 6) is -0.857. The Kier molecular flexibility index (Phi) is 4.66. The van der Waals surface area contributed by atoms with Crippen molar-refractivity contribution < 1.29 is 23.1 Å². The molecular formula is C20H20F3N3O2. The Morgan fingerprint density at radius 1 is 1.00 bits per heavy atom. The molecule has 0 aliphatic carbocycles. The highest BCUT2D eigenvalue weighted by Gasteiger charge is 2.36. The van der Waals surface area contributed by atoms with Crippen molar-refractivity contribution >= 4 is 23.0 Å². The Morgan fingerprint density at radius 2 is 1.68 bits per heavy atom. The van der Waals surface area contributed by atoms with Crippen LogP contribution in [0.5, 0.6) is 0 Å². The minimum atomic E-state index is -4.37. The van der Waals surface area contributed by atoms with Gasteiger partial charge in [-0.2, -0.15) is 13.2 Å². The first-order valence-electron chi connectivity index (χ1n) is 9.07. The van der Waals surface area contributed by atoms with Crippen molar-refractivity contribution in [1.29, 1.82) is 0 Å². The molecule has 2 aliphatic heterocycles. The predicted octanol–water partition coefficient (Wildman–Crippen LogP) is 3.43. The van der Waals surface area contributed by atoms with Gasteiger partial charge in [0.25, 0.3) is 0 Å². The number of hydrogen-bond donors (Lipinski definition) is 1. The van der Waals surface area contributed by atoms with Gasteiger partial charge >= 0.3 is 12.1 Å². The Hall–Kier alpha value is -2.74. The van der Waals surface area contributed by atoms with Crippen molar-refractivity contribution in [1.82, 2.24) is 4.90 Å². The number of anilines is 3. The number of benzene rings is 2. The summed E-state index contributed by atoms with van der Waals surface area (Å²) in [6, 6.07) is 13.1. The zero-order chi connectivity index (χ0) is 19.9. The predicted molar refractivity (Wildman–Crippen MR) is 100 cm³/mol. The number of rotatable bonds is 3. The molecule has 1 saturated heterocycles. The third kappa shape index (κ3) is 3.52. The maximum atomic E-state index is 12.9. The van der Waals surface area contributed by atoms with E-state index in [1.165, 1.54) is 12.1 Å². The van der Waals surface area contributed by atoms with Crippen LogP contribution in [0, 0.1) is 0 Å². The molecule has 1 atom stereocenters. The quantitative estimate of drug-likeness (QED) is 0.869. The molecule has 148 valence electrons. The molecule has 28 heavy (non-hydrogen) atoms. The molecule has 0 spiro atoms. The zero-order valence-electron chi connectivity index (χ0n) is 15.1. The van der Waals surface area contributed by atoms with Crippen LogP contribution in [0.2, 0.25) is 0 Å². The number of halogens is 3. The lowest BCUT2D eigenvalue weighted by Gasteiger charge is -2.49. The highest BCUT2D eigenvalue weighted by atomic mass is 19.4. The second kappa shape index (κ2) is 7.01. The smallest absolute Gasteiger partial charge is 0.416 e. The average Bonchev–Trinajstić information content (AvgIpc) is 2.66. The van der Waals surface area contributed by atoms with Crippen LogP contribution in [-0.4, -0.2) is 54.7 Å². The molecule has 5 nitrogen and oxygen atoms in total. The topological polar surface area (TPSA) is 47.0 Å². The highest BCUT2D eigenvalue weighted by Crippen LogP contribution is 2.41. The third-order valence-corrected chi connectivity index (χ3v) is 5.31. The van der Waals surface area contributed by atoms with Gasteiger partial charge in [-0.3, -0.25) is 9.69 Å². The molecule has 1 fully saturated rings. The van der Waals surface area contributed by atoms with Crippen LogP contribution in [-0.2, 0) is 11.0 Å². The van der Waals surface area contributed by atoms with Gasteiger partial charge < -0.3 is 14.9 Å². The van der Waals surface area contributed by atoms with E-state index < -0.39 is 17.7 Å². The van der Waals surface area contributed by atoms with Gasteiger partial charge in [-0.1, -0.05) is 12.1 Å². The van der Waals surface area contributed by atoms with E-state index in [1.807, 2.05) is 34.1 Å². The van der Waals surface area contributed by atoms with Crippen molar-refractivity contribution in [2.24, 2.45) is 0 Å². The van der Waals surface area contributed by atoms with E-state index in [2.05, 4.69) is 4.90 Å². The number of piperazine rings is 1. The van der Waals surface area contributed by atoms with Crippen molar-refractivity contribution in [3.8, 4) is 0 Å². The van der Waals surface area contributed by atoms with Crippen molar-refractivity contribution in [3.05, 3.63) is 54.1 Å². The van der Waals surface area contributed by atoms with Gasteiger partial charge in [0.15, 0.2) is 0 Å². The second-order valence-corrected chi connectivity index (χ2v) is 7.12. The molecule has 0 saturated carbocycles. The fourth-order valence-electron chi connectivity index (χ4n) is 4.05. The van der Waals surface area contributed by atoms with Crippen LogP contribution in [0.4, 0.5) is 30.2 Å². The average molecular weight is 391 g/mol. The van der Waals surface area contributed by atoms with E-state index in [9.17, 15) is 18.0 Å². The molecule has 1 N–H and O–H groups in total. The minimum absolute atomic E-state index is 0.00767. The number of carboxylic acids is 1. The molecule has 2 aromatic rings. The monoisotopic (exact) mass is 391 g/mol. The first-order chi connectivity index (χ1) is 13.3. The molecule has 0 aromatic heterocycles. The van der Waals surface area contributed by atoms with Crippen LogP contribution >= 0.6 is 0 Å². The molecule has 2 heterocycles. The van der Waals surface area contributed by atoms with Gasteiger partial charge in [-0.05, 0) is 36.4 Å². The van der Waals surface area contributed by atoms with Gasteiger partial charge in [0.1, 0.15) is 0 Å². The van der Waals surface area contributed by atoms with E-state index in [4.69, 9.17) is 5.11 Å². The lowest BCUT2D eigenvalue weighted by Crippen LogP contribution is -2.59. The second-order valence-electron chi connectivity index (χ2n) is 7.12. The molecule has 1 unspecified atom stereocenters. The molecule has 2 aliphatic rings. The summed E-state index contributed by atoms with van der Waals surface area (Å²) in [6.07, 6.45) is -4.37. The van der Waals surface area contributed by atoms with Crippen molar-refractivity contribution in [3.63, 3.8) is 0 Å². The summed E-state index contributed by atoms with van der Waals surface area (Å²) in [5, 5.41) is 9.08. The number of carbonyl (C=O) groups is 1. The molecule has 0 radical (unpaired) electrons. The first kappa shape index (κ1) is 18.6. The maximum absolute atomic E-state index is 12.9. The number of fused-ring (bicyclic) bond motifs is 3. The normalized spacial score (nSPS) is 19.9. The number of nitrogens with zero attached hydrogens (tertiary/aromatic N) is 3. The summed E-state index contributed by atoms with van der Waals surface area (Å²) in [7, 11) is 0. The number of hydrogen-bond acceptors (Lipinski definition) is 4. The number of carboxylic acid groups (broad SMARTS) is 1. The molecule has 2 aromatic carbocycles. The lowest BCUT2D eigenvalue weighted by molar-refractivity contribution is -0.139. The Balaban J connectivity index is 1.65. The molecular weight excluding hydrogens is 371 g/mol. The zero-order valence-corrected chi connectivity index (χ0v) is 15.1. The first-order valence-corrected chi connectivity index (χ1v) is 9.07.